The molecule has 1 aromatic rings. The van der Waals surface area contributed by atoms with E-state index in [9.17, 15) is 0 Å². The summed E-state index contributed by atoms with van der Waals surface area (Å²) in [6.07, 6.45) is 8.43. The van der Waals surface area contributed by atoms with E-state index in [1.807, 2.05) is 0 Å². The molecule has 0 aliphatic heterocycles. The van der Waals surface area contributed by atoms with E-state index in [4.69, 9.17) is 0 Å². The number of rotatable bonds is 0. The smallest absolute Gasteiger partial charge is 0.0129 e. The van der Waals surface area contributed by atoms with Crippen LogP contribution < -0.4 is 0 Å². The highest BCUT2D eigenvalue weighted by Gasteiger charge is 2.43. The van der Waals surface area contributed by atoms with Crippen LogP contribution in [0.1, 0.15) is 96.4 Å². The lowest BCUT2D eigenvalue weighted by atomic mass is 9.68. The molecule has 2 aliphatic carbocycles. The van der Waals surface area contributed by atoms with E-state index >= 15 is 0 Å². The molecule has 1 aromatic carbocycles. The summed E-state index contributed by atoms with van der Waals surface area (Å²) in [5.41, 5.74) is 7.75. The molecule has 0 bridgehead atoms. The van der Waals surface area contributed by atoms with Gasteiger partial charge in [0.25, 0.3) is 0 Å². The Hall–Kier alpha value is -0.780. The quantitative estimate of drug-likeness (QED) is 0.508. The van der Waals surface area contributed by atoms with Gasteiger partial charge >= 0.3 is 0 Å². The van der Waals surface area contributed by atoms with Gasteiger partial charge < -0.3 is 0 Å². The second-order valence-electron chi connectivity index (χ2n) is 10.7. The molecule has 0 radical (unpaired) electrons. The largest absolute Gasteiger partial charge is 0.0625 e. The third-order valence-electron chi connectivity index (χ3n) is 6.49. The van der Waals surface area contributed by atoms with Crippen molar-refractivity contribution < 1.29 is 0 Å². The minimum atomic E-state index is 0.258. The molecule has 0 unspecified atom stereocenters. The number of benzene rings is 1. The van der Waals surface area contributed by atoms with Gasteiger partial charge in [-0.15, -0.1) is 0 Å². The van der Waals surface area contributed by atoms with E-state index in [0.29, 0.717) is 5.41 Å². The summed E-state index contributed by atoms with van der Waals surface area (Å²) in [7, 11) is 0. The maximum atomic E-state index is 2.45. The molecular weight excluding hydrogens is 276 g/mol. The SMILES string of the molecule is CC1CCC2(CC1)Cc1c(C(C)(C)C)ccc(C(C)(C)C)c1C2. The Kier molecular flexibility index (Phi) is 3.98. The van der Waals surface area contributed by atoms with Gasteiger partial charge in [-0.2, -0.15) is 0 Å². The van der Waals surface area contributed by atoms with Gasteiger partial charge in [0.15, 0.2) is 0 Å². The Morgan fingerprint density at radius 2 is 1.17 bits per heavy atom. The molecule has 0 atom stereocenters. The molecule has 1 saturated carbocycles. The van der Waals surface area contributed by atoms with Crippen LogP contribution in [0.5, 0.6) is 0 Å². The molecule has 3 rings (SSSR count). The average molecular weight is 313 g/mol. The fourth-order valence-corrected chi connectivity index (χ4v) is 5.04. The van der Waals surface area contributed by atoms with Gasteiger partial charge in [-0.1, -0.05) is 73.4 Å². The maximum absolute atomic E-state index is 2.45. The van der Waals surface area contributed by atoms with Crippen LogP contribution in [0, 0.1) is 11.3 Å². The molecule has 0 nitrogen and oxygen atoms in total. The second-order valence-corrected chi connectivity index (χ2v) is 10.7. The van der Waals surface area contributed by atoms with Crippen molar-refractivity contribution in [3.63, 3.8) is 0 Å². The summed E-state index contributed by atoms with van der Waals surface area (Å²) in [4.78, 5) is 0. The molecule has 0 aromatic heterocycles. The van der Waals surface area contributed by atoms with Crippen molar-refractivity contribution in [3.05, 3.63) is 34.4 Å². The van der Waals surface area contributed by atoms with E-state index in [2.05, 4.69) is 60.6 Å². The predicted octanol–water partition coefficient (Wildman–Crippen LogP) is 6.58. The normalized spacial score (nSPS) is 21.7. The molecule has 128 valence electrons. The van der Waals surface area contributed by atoms with Crippen molar-refractivity contribution in [2.45, 2.75) is 97.8 Å². The van der Waals surface area contributed by atoms with Crippen LogP contribution in [-0.4, -0.2) is 0 Å². The minimum absolute atomic E-state index is 0.258. The Balaban J connectivity index is 2.07. The standard InChI is InChI=1S/C23H36/c1-16-10-12-23(13-11-16)14-17-18(15-23)20(22(5,6)7)9-8-19(17)21(2,3)4/h8-9,16H,10-15H2,1-7H3. The minimum Gasteiger partial charge on any atom is -0.0625 e. The highest BCUT2D eigenvalue weighted by atomic mass is 14.5. The monoisotopic (exact) mass is 312 g/mol. The predicted molar refractivity (Wildman–Crippen MR) is 101 cm³/mol. The van der Waals surface area contributed by atoms with Gasteiger partial charge in [0, 0.05) is 0 Å². The molecule has 1 fully saturated rings. The maximum Gasteiger partial charge on any atom is -0.0129 e. The fourth-order valence-electron chi connectivity index (χ4n) is 5.04. The summed E-state index contributed by atoms with van der Waals surface area (Å²) < 4.78 is 0. The van der Waals surface area contributed by atoms with Crippen LogP contribution in [0.2, 0.25) is 0 Å². The van der Waals surface area contributed by atoms with Crippen molar-refractivity contribution >= 4 is 0 Å². The molecule has 0 amide bonds. The zero-order valence-electron chi connectivity index (χ0n) is 16.5. The van der Waals surface area contributed by atoms with E-state index in [-0.39, 0.29) is 10.8 Å². The molecule has 0 heteroatoms. The molecule has 2 aliphatic rings. The van der Waals surface area contributed by atoms with E-state index < -0.39 is 0 Å². The van der Waals surface area contributed by atoms with Crippen molar-refractivity contribution in [2.75, 3.05) is 0 Å². The van der Waals surface area contributed by atoms with Crippen LogP contribution in [-0.2, 0) is 23.7 Å². The summed E-state index contributed by atoms with van der Waals surface area (Å²) >= 11 is 0. The van der Waals surface area contributed by atoms with E-state index in [1.54, 1.807) is 22.3 Å². The third-order valence-corrected chi connectivity index (χ3v) is 6.49. The molecular formula is C23H36. The van der Waals surface area contributed by atoms with Crippen LogP contribution in [0.3, 0.4) is 0 Å². The van der Waals surface area contributed by atoms with Gasteiger partial charge in [0.05, 0.1) is 0 Å². The van der Waals surface area contributed by atoms with Crippen LogP contribution in [0.4, 0.5) is 0 Å². The summed E-state index contributed by atoms with van der Waals surface area (Å²) in [6, 6.07) is 4.90. The Labute approximate surface area is 144 Å². The lowest BCUT2D eigenvalue weighted by Gasteiger charge is -2.36. The highest BCUT2D eigenvalue weighted by molar-refractivity contribution is 5.50. The van der Waals surface area contributed by atoms with Gasteiger partial charge in [0.1, 0.15) is 0 Å². The highest BCUT2D eigenvalue weighted by Crippen LogP contribution is 2.52. The summed E-state index contributed by atoms with van der Waals surface area (Å²) in [6.45, 7) is 16.7. The second kappa shape index (κ2) is 5.36. The first-order valence-electron chi connectivity index (χ1n) is 9.68. The van der Waals surface area contributed by atoms with Gasteiger partial charge in [0.2, 0.25) is 0 Å². The van der Waals surface area contributed by atoms with Crippen molar-refractivity contribution in [2.24, 2.45) is 11.3 Å². The Bertz CT molecular complexity index is 539. The first-order chi connectivity index (χ1) is 10.5. The van der Waals surface area contributed by atoms with Gasteiger partial charge in [-0.3, -0.25) is 0 Å². The number of fused-ring (bicyclic) bond motifs is 1. The number of hydrogen-bond donors (Lipinski definition) is 0. The number of hydrogen-bond acceptors (Lipinski definition) is 0. The van der Waals surface area contributed by atoms with Crippen molar-refractivity contribution in [1.29, 1.82) is 0 Å². The van der Waals surface area contributed by atoms with Crippen LogP contribution in [0.25, 0.3) is 0 Å². The first kappa shape index (κ1) is 17.1. The van der Waals surface area contributed by atoms with Crippen molar-refractivity contribution in [1.82, 2.24) is 0 Å². The third kappa shape index (κ3) is 3.11. The van der Waals surface area contributed by atoms with Crippen LogP contribution >= 0.6 is 0 Å². The topological polar surface area (TPSA) is 0 Å². The van der Waals surface area contributed by atoms with Crippen LogP contribution in [0.15, 0.2) is 12.1 Å². The fraction of sp³-hybridized carbons (Fsp3) is 0.739. The average Bonchev–Trinajstić information content (AvgIpc) is 2.77. The molecule has 23 heavy (non-hydrogen) atoms. The summed E-state index contributed by atoms with van der Waals surface area (Å²) in [5.74, 6) is 0.938. The lowest BCUT2D eigenvalue weighted by Crippen LogP contribution is -2.27. The molecule has 0 saturated heterocycles. The zero-order valence-corrected chi connectivity index (χ0v) is 16.5. The lowest BCUT2D eigenvalue weighted by molar-refractivity contribution is 0.166. The zero-order chi connectivity index (χ0) is 17.0. The van der Waals surface area contributed by atoms with Crippen molar-refractivity contribution in [3.8, 4) is 0 Å². The Morgan fingerprint density at radius 3 is 1.52 bits per heavy atom. The van der Waals surface area contributed by atoms with Gasteiger partial charge in [-0.25, -0.2) is 0 Å². The van der Waals surface area contributed by atoms with E-state index in [1.165, 1.54) is 38.5 Å². The molecule has 1 spiro atoms. The molecule has 0 N–H and O–H groups in total. The molecule has 0 heterocycles. The van der Waals surface area contributed by atoms with E-state index in [0.717, 1.165) is 5.92 Å². The van der Waals surface area contributed by atoms with Gasteiger partial charge in [-0.05, 0) is 70.1 Å². The first-order valence-corrected chi connectivity index (χ1v) is 9.68. The summed E-state index contributed by atoms with van der Waals surface area (Å²) in [5, 5.41) is 0. The Morgan fingerprint density at radius 1 is 0.783 bits per heavy atom.